The van der Waals surface area contributed by atoms with Gasteiger partial charge in [0.15, 0.2) is 0 Å². The summed E-state index contributed by atoms with van der Waals surface area (Å²) in [6.45, 7) is 0. The molecule has 0 atom stereocenters. The Morgan fingerprint density at radius 3 is 1.97 bits per heavy atom. The van der Waals surface area contributed by atoms with Crippen LogP contribution in [0, 0.1) is 0 Å². The lowest BCUT2D eigenvalue weighted by Crippen LogP contribution is -2.12. The minimum atomic E-state index is 0.636. The standard InChI is InChI=1S/C57H35N3OS/c1-3-13-35(14-4-1)45-31-41(32-48-44-20-10-12-22-53(44)61-56(45)48)39-23-25-43-42-19-9-11-21-51(42)60(52(43)33-39)57-58-49(36-15-5-2-6-16-36)26-27-50(59-57)40-24-28-54-46(30-40)47-29-37-17-7-8-18-38(37)34-55(47)62-54/h1-26,28-34H,27H2. The highest BCUT2D eigenvalue weighted by Gasteiger charge is 2.21. The first-order valence-electron chi connectivity index (χ1n) is 21.0. The van der Waals surface area contributed by atoms with Gasteiger partial charge in [-0.2, -0.15) is 0 Å². The summed E-state index contributed by atoms with van der Waals surface area (Å²) in [5.41, 5.74) is 12.3. The summed E-state index contributed by atoms with van der Waals surface area (Å²) in [5, 5.41) is 9.56. The fourth-order valence-electron chi connectivity index (χ4n) is 9.44. The van der Waals surface area contributed by atoms with Gasteiger partial charge in [-0.1, -0.05) is 146 Å². The van der Waals surface area contributed by atoms with Crippen LogP contribution in [0.5, 0.6) is 0 Å². The Bertz CT molecular complexity index is 3880. The molecule has 1 aliphatic rings. The molecule has 0 radical (unpaired) electrons. The van der Waals surface area contributed by atoms with Crippen molar-refractivity contribution in [2.24, 2.45) is 9.98 Å². The Hall–Kier alpha value is -7.86. The van der Waals surface area contributed by atoms with Crippen LogP contribution in [-0.2, 0) is 0 Å². The molecule has 0 saturated heterocycles. The molecule has 1 aliphatic heterocycles. The summed E-state index contributed by atoms with van der Waals surface area (Å²) >= 11 is 1.85. The van der Waals surface area contributed by atoms with Crippen molar-refractivity contribution in [2.75, 3.05) is 0 Å². The molecule has 5 heteroatoms. The van der Waals surface area contributed by atoms with E-state index in [9.17, 15) is 0 Å². The van der Waals surface area contributed by atoms with Crippen LogP contribution in [0.2, 0.25) is 0 Å². The first-order valence-corrected chi connectivity index (χ1v) is 21.8. The molecule has 3 aromatic heterocycles. The number of benzene rings is 9. The maximum Gasteiger partial charge on any atom is 0.235 e. The zero-order valence-electron chi connectivity index (χ0n) is 33.4. The van der Waals surface area contributed by atoms with Crippen LogP contribution in [0.3, 0.4) is 0 Å². The van der Waals surface area contributed by atoms with Gasteiger partial charge in [-0.15, -0.1) is 11.3 Å². The van der Waals surface area contributed by atoms with Gasteiger partial charge in [0.2, 0.25) is 5.96 Å². The number of allylic oxidation sites excluding steroid dienone is 1. The second-order valence-electron chi connectivity index (χ2n) is 16.1. The Morgan fingerprint density at radius 1 is 0.435 bits per heavy atom. The fourth-order valence-corrected chi connectivity index (χ4v) is 10.6. The third-order valence-electron chi connectivity index (χ3n) is 12.5. The molecule has 4 nitrogen and oxygen atoms in total. The minimum Gasteiger partial charge on any atom is -0.455 e. The lowest BCUT2D eigenvalue weighted by molar-refractivity contribution is 0.670. The van der Waals surface area contributed by atoms with Crippen LogP contribution >= 0.6 is 11.3 Å². The quantitative estimate of drug-likeness (QED) is 0.175. The average Bonchev–Trinajstić information content (AvgIpc) is 3.94. The van der Waals surface area contributed by atoms with E-state index in [1.54, 1.807) is 0 Å². The van der Waals surface area contributed by atoms with Crippen molar-refractivity contribution in [3.8, 4) is 22.3 Å². The molecule has 0 fully saturated rings. The molecular formula is C57H35N3OS. The lowest BCUT2D eigenvalue weighted by Gasteiger charge is -2.11. The average molecular weight is 810 g/mol. The lowest BCUT2D eigenvalue weighted by atomic mass is 9.95. The summed E-state index contributed by atoms with van der Waals surface area (Å²) < 4.78 is 11.4. The molecule has 0 spiro atoms. The van der Waals surface area contributed by atoms with Crippen molar-refractivity contribution in [2.45, 2.75) is 6.42 Å². The van der Waals surface area contributed by atoms with Crippen molar-refractivity contribution in [1.29, 1.82) is 0 Å². The van der Waals surface area contributed by atoms with Crippen LogP contribution in [0.4, 0.5) is 0 Å². The normalized spacial score (nSPS) is 13.4. The molecule has 0 unspecified atom stereocenters. The van der Waals surface area contributed by atoms with Crippen LogP contribution in [0.15, 0.2) is 215 Å². The van der Waals surface area contributed by atoms with Gasteiger partial charge in [0.05, 0.1) is 22.4 Å². The van der Waals surface area contributed by atoms with Crippen LogP contribution in [-0.4, -0.2) is 16.2 Å². The summed E-state index contributed by atoms with van der Waals surface area (Å²) in [4.78, 5) is 11.0. The molecule has 4 heterocycles. The van der Waals surface area contributed by atoms with Crippen molar-refractivity contribution >= 4 is 103 Å². The Morgan fingerprint density at radius 2 is 1.11 bits per heavy atom. The second kappa shape index (κ2) is 13.8. The van der Waals surface area contributed by atoms with E-state index in [4.69, 9.17) is 14.4 Å². The van der Waals surface area contributed by atoms with Crippen molar-refractivity contribution < 1.29 is 4.42 Å². The SMILES string of the molecule is C1=C(c2ccccc2)N=C(n2c3ccccc3c3ccc(-c4cc(-c5ccccc5)c5oc6ccccc6c5c4)cc32)N=C(c2ccc3sc4cc5ccccc5cc4c3c2)C1. The zero-order chi connectivity index (χ0) is 40.7. The second-order valence-corrected chi connectivity index (χ2v) is 17.2. The first kappa shape index (κ1) is 34.9. The highest BCUT2D eigenvalue weighted by atomic mass is 32.1. The predicted octanol–water partition coefficient (Wildman–Crippen LogP) is 15.7. The number of thiophene rings is 1. The number of fused-ring (bicyclic) bond motifs is 10. The van der Waals surface area contributed by atoms with Crippen LogP contribution in [0.1, 0.15) is 17.5 Å². The predicted molar refractivity (Wildman–Crippen MR) is 263 cm³/mol. The van der Waals surface area contributed by atoms with E-state index >= 15 is 0 Å². The van der Waals surface area contributed by atoms with E-state index in [-0.39, 0.29) is 0 Å². The van der Waals surface area contributed by atoms with Gasteiger partial charge in [-0.25, -0.2) is 9.98 Å². The molecule has 0 saturated carbocycles. The number of hydrogen-bond donors (Lipinski definition) is 0. The van der Waals surface area contributed by atoms with Crippen molar-refractivity contribution in [3.05, 3.63) is 211 Å². The van der Waals surface area contributed by atoms with Gasteiger partial charge in [0.25, 0.3) is 0 Å². The summed E-state index contributed by atoms with van der Waals surface area (Å²) in [6, 6.07) is 69.5. The molecule has 62 heavy (non-hydrogen) atoms. The van der Waals surface area contributed by atoms with E-state index in [1.165, 1.54) is 30.9 Å². The van der Waals surface area contributed by atoms with Gasteiger partial charge in [0, 0.05) is 53.7 Å². The van der Waals surface area contributed by atoms with E-state index in [2.05, 4.69) is 199 Å². The Kier molecular flexibility index (Phi) is 7.81. The number of rotatable bonds is 4. The number of aliphatic imine (C=N–C) groups is 2. The summed E-state index contributed by atoms with van der Waals surface area (Å²) in [5.74, 6) is 0.637. The van der Waals surface area contributed by atoms with Gasteiger partial charge < -0.3 is 4.42 Å². The van der Waals surface area contributed by atoms with Gasteiger partial charge in [0.1, 0.15) is 11.2 Å². The Labute approximate surface area is 360 Å². The maximum absolute atomic E-state index is 6.56. The van der Waals surface area contributed by atoms with E-state index in [0.717, 1.165) is 88.5 Å². The largest absolute Gasteiger partial charge is 0.455 e. The molecule has 0 N–H and O–H groups in total. The number of nitrogens with zero attached hydrogens (tertiary/aromatic N) is 3. The molecule has 290 valence electrons. The number of furan rings is 1. The topological polar surface area (TPSA) is 42.8 Å². The molecule has 0 aliphatic carbocycles. The number of aromatic nitrogens is 1. The first-order chi connectivity index (χ1) is 30.7. The van der Waals surface area contributed by atoms with Crippen molar-refractivity contribution in [1.82, 2.24) is 4.57 Å². The summed E-state index contributed by atoms with van der Waals surface area (Å²) in [7, 11) is 0. The summed E-state index contributed by atoms with van der Waals surface area (Å²) in [6.07, 6.45) is 2.87. The van der Waals surface area contributed by atoms with E-state index in [0.29, 0.717) is 12.4 Å². The van der Waals surface area contributed by atoms with Gasteiger partial charge in [-0.3, -0.25) is 4.57 Å². The smallest absolute Gasteiger partial charge is 0.235 e. The van der Waals surface area contributed by atoms with Crippen molar-refractivity contribution in [3.63, 3.8) is 0 Å². The number of para-hydroxylation sites is 2. The van der Waals surface area contributed by atoms with Gasteiger partial charge in [-0.05, 0) is 93.2 Å². The monoisotopic (exact) mass is 809 g/mol. The minimum absolute atomic E-state index is 0.636. The maximum atomic E-state index is 6.56. The highest BCUT2D eigenvalue weighted by molar-refractivity contribution is 7.25. The number of hydrogen-bond acceptors (Lipinski definition) is 4. The molecule has 9 aromatic carbocycles. The Balaban J connectivity index is 1.03. The van der Waals surface area contributed by atoms with E-state index < -0.39 is 0 Å². The van der Waals surface area contributed by atoms with E-state index in [1.807, 2.05) is 17.4 Å². The van der Waals surface area contributed by atoms with Crippen LogP contribution in [0.25, 0.3) is 103 Å². The highest BCUT2D eigenvalue weighted by Crippen LogP contribution is 2.42. The fraction of sp³-hybridized carbons (Fsp3) is 0.0175. The molecule has 13 rings (SSSR count). The van der Waals surface area contributed by atoms with Gasteiger partial charge >= 0.3 is 0 Å². The van der Waals surface area contributed by atoms with Crippen LogP contribution < -0.4 is 0 Å². The molecule has 0 amide bonds. The molecule has 12 aromatic rings. The zero-order valence-corrected chi connectivity index (χ0v) is 34.2. The third kappa shape index (κ3) is 5.59. The molecular weight excluding hydrogens is 775 g/mol. The molecule has 0 bridgehead atoms. The third-order valence-corrected chi connectivity index (χ3v) is 13.6.